The van der Waals surface area contributed by atoms with Crippen LogP contribution in [0.4, 0.5) is 11.4 Å². The average molecular weight is 489 g/mol. The van der Waals surface area contributed by atoms with Crippen LogP contribution in [0.5, 0.6) is 0 Å². The summed E-state index contributed by atoms with van der Waals surface area (Å²) in [6.07, 6.45) is 0.0258. The van der Waals surface area contributed by atoms with Gasteiger partial charge in [-0.2, -0.15) is 0 Å². The normalized spacial score (nSPS) is 15.2. The lowest BCUT2D eigenvalue weighted by atomic mass is 10.1. The molecule has 0 spiro atoms. The van der Waals surface area contributed by atoms with Crippen LogP contribution in [0.1, 0.15) is 30.6 Å². The fourth-order valence-electron chi connectivity index (χ4n) is 4.01. The highest BCUT2D eigenvalue weighted by Gasteiger charge is 2.37. The summed E-state index contributed by atoms with van der Waals surface area (Å²) in [5, 5.41) is 4.56. The predicted octanol–water partition coefficient (Wildman–Crippen LogP) is 4.19. The van der Waals surface area contributed by atoms with E-state index in [1.165, 1.54) is 0 Å². The topological polar surface area (TPSA) is 102 Å². The molecule has 0 aromatic heterocycles. The smallest absolute Gasteiger partial charge is 0.338 e. The highest BCUT2D eigenvalue weighted by atomic mass is 16.5. The van der Waals surface area contributed by atoms with Gasteiger partial charge in [0.25, 0.3) is 5.91 Å². The van der Waals surface area contributed by atoms with Gasteiger partial charge in [0.05, 0.1) is 23.8 Å². The number of rotatable bonds is 8. The molecule has 8 nitrogen and oxygen atoms in total. The van der Waals surface area contributed by atoms with Gasteiger partial charge in [-0.15, -0.1) is 0 Å². The van der Waals surface area contributed by atoms with Crippen LogP contribution in [0.25, 0.3) is 10.8 Å². The van der Waals surface area contributed by atoms with Crippen LogP contribution in [-0.4, -0.2) is 43.5 Å². The number of ether oxygens (including phenoxy) is 2. The number of amides is 2. The Morgan fingerprint density at radius 2 is 1.69 bits per heavy atom. The molecule has 8 heteroatoms. The fourth-order valence-corrected chi connectivity index (χ4v) is 4.01. The molecule has 0 aliphatic carbocycles. The molecule has 36 heavy (non-hydrogen) atoms. The number of carbonyl (C=O) groups excluding carboxylic acids is 4. The molecular weight excluding hydrogens is 460 g/mol. The van der Waals surface area contributed by atoms with Gasteiger partial charge >= 0.3 is 11.9 Å². The van der Waals surface area contributed by atoms with Gasteiger partial charge in [-0.3, -0.25) is 14.4 Å². The first kappa shape index (κ1) is 24.9. The zero-order valence-corrected chi connectivity index (χ0v) is 20.2. The molecule has 2 amide bonds. The predicted molar refractivity (Wildman–Crippen MR) is 136 cm³/mol. The first-order chi connectivity index (χ1) is 17.3. The second-order valence-corrected chi connectivity index (χ2v) is 9.13. The number of carbonyl (C=O) groups is 4. The number of nitrogens with zero attached hydrogens (tertiary/aromatic N) is 1. The highest BCUT2D eigenvalue weighted by molar-refractivity contribution is 6.06. The van der Waals surface area contributed by atoms with Crippen molar-refractivity contribution in [3.63, 3.8) is 0 Å². The third-order valence-corrected chi connectivity index (χ3v) is 5.81. The number of nitrogens with one attached hydrogen (secondary N) is 1. The highest BCUT2D eigenvalue weighted by Crippen LogP contribution is 2.32. The van der Waals surface area contributed by atoms with E-state index in [1.54, 1.807) is 29.2 Å². The number of hydrogen-bond acceptors (Lipinski definition) is 6. The minimum atomic E-state index is -0.652. The monoisotopic (exact) mass is 488 g/mol. The third kappa shape index (κ3) is 5.89. The van der Waals surface area contributed by atoms with Crippen LogP contribution < -0.4 is 10.2 Å². The molecule has 1 aliphatic heterocycles. The molecule has 1 atom stereocenters. The van der Waals surface area contributed by atoms with Gasteiger partial charge in [0, 0.05) is 24.0 Å². The zero-order valence-electron chi connectivity index (χ0n) is 20.2. The van der Waals surface area contributed by atoms with E-state index in [-0.39, 0.29) is 24.8 Å². The zero-order chi connectivity index (χ0) is 25.7. The largest absolute Gasteiger partial charge is 0.462 e. The summed E-state index contributed by atoms with van der Waals surface area (Å²) in [5.74, 6) is -2.12. The van der Waals surface area contributed by atoms with E-state index >= 15 is 0 Å². The summed E-state index contributed by atoms with van der Waals surface area (Å²) in [5.41, 5.74) is 1.58. The number of benzene rings is 3. The Kier molecular flexibility index (Phi) is 7.63. The minimum Gasteiger partial charge on any atom is -0.462 e. The molecule has 0 bridgehead atoms. The van der Waals surface area contributed by atoms with Crippen molar-refractivity contribution < 1.29 is 28.7 Å². The van der Waals surface area contributed by atoms with Gasteiger partial charge in [-0.1, -0.05) is 50.2 Å². The van der Waals surface area contributed by atoms with Gasteiger partial charge in [-0.05, 0) is 41.6 Å². The molecule has 1 aliphatic rings. The SMILES string of the molecule is CC(C)COC(=O)c1ccc(NC(=O)COC(=O)[C@H]2CC(=O)N(c3cccc4ccccc34)C2)cc1. The molecule has 3 aromatic rings. The number of esters is 2. The van der Waals surface area contributed by atoms with Gasteiger partial charge in [0.15, 0.2) is 6.61 Å². The second kappa shape index (κ2) is 11.0. The van der Waals surface area contributed by atoms with Gasteiger partial charge in [0.1, 0.15) is 0 Å². The van der Waals surface area contributed by atoms with E-state index in [1.807, 2.05) is 56.3 Å². The summed E-state index contributed by atoms with van der Waals surface area (Å²) >= 11 is 0. The molecule has 0 unspecified atom stereocenters. The van der Waals surface area contributed by atoms with Crippen LogP contribution in [0.15, 0.2) is 66.7 Å². The van der Waals surface area contributed by atoms with Crippen LogP contribution in [0.2, 0.25) is 0 Å². The average Bonchev–Trinajstić information content (AvgIpc) is 3.27. The van der Waals surface area contributed by atoms with Crippen LogP contribution in [0.3, 0.4) is 0 Å². The quantitative estimate of drug-likeness (QED) is 0.477. The van der Waals surface area contributed by atoms with Crippen LogP contribution in [0, 0.1) is 11.8 Å². The maximum atomic E-state index is 12.7. The molecule has 1 saturated heterocycles. The maximum Gasteiger partial charge on any atom is 0.338 e. The van der Waals surface area contributed by atoms with Crippen LogP contribution in [-0.2, 0) is 23.9 Å². The van der Waals surface area contributed by atoms with E-state index in [0.717, 1.165) is 16.5 Å². The van der Waals surface area contributed by atoms with Crippen molar-refractivity contribution in [2.24, 2.45) is 11.8 Å². The molecule has 0 saturated carbocycles. The third-order valence-electron chi connectivity index (χ3n) is 5.81. The minimum absolute atomic E-state index is 0.0258. The molecule has 1 N–H and O–H groups in total. The van der Waals surface area contributed by atoms with Crippen molar-refractivity contribution in [3.8, 4) is 0 Å². The van der Waals surface area contributed by atoms with Crippen LogP contribution >= 0.6 is 0 Å². The molecule has 3 aromatic carbocycles. The van der Waals surface area contributed by atoms with Crippen molar-refractivity contribution in [1.82, 2.24) is 0 Å². The molecule has 1 fully saturated rings. The van der Waals surface area contributed by atoms with E-state index in [4.69, 9.17) is 9.47 Å². The Labute approximate surface area is 209 Å². The Bertz CT molecular complexity index is 1280. The Hall–Kier alpha value is -4.20. The first-order valence-electron chi connectivity index (χ1n) is 11.8. The lowest BCUT2D eigenvalue weighted by Crippen LogP contribution is -2.28. The van der Waals surface area contributed by atoms with E-state index < -0.39 is 30.4 Å². The summed E-state index contributed by atoms with van der Waals surface area (Å²) in [6.45, 7) is 3.95. The molecule has 0 radical (unpaired) electrons. The van der Waals surface area contributed by atoms with Gasteiger partial charge in [0.2, 0.25) is 5.91 Å². The van der Waals surface area contributed by atoms with Crippen molar-refractivity contribution in [2.75, 3.05) is 30.0 Å². The fraction of sp³-hybridized carbons (Fsp3) is 0.286. The lowest BCUT2D eigenvalue weighted by Gasteiger charge is -2.18. The van der Waals surface area contributed by atoms with E-state index in [0.29, 0.717) is 17.9 Å². The standard InChI is InChI=1S/C28H28N2O6/c1-18(2)16-35-27(33)20-10-12-22(13-11-20)29-25(31)17-36-28(34)21-14-26(32)30(15-21)24-9-5-7-19-6-3-4-8-23(19)24/h3-13,18,21H,14-17H2,1-2H3,(H,29,31)/t21-/m0/s1. The Morgan fingerprint density at radius 3 is 2.44 bits per heavy atom. The molecule has 4 rings (SSSR count). The lowest BCUT2D eigenvalue weighted by molar-refractivity contribution is -0.151. The summed E-state index contributed by atoms with van der Waals surface area (Å²) < 4.78 is 10.4. The van der Waals surface area contributed by atoms with Crippen molar-refractivity contribution in [3.05, 3.63) is 72.3 Å². The van der Waals surface area contributed by atoms with E-state index in [9.17, 15) is 19.2 Å². The summed E-state index contributed by atoms with van der Waals surface area (Å²) in [6, 6.07) is 19.7. The molecule has 1 heterocycles. The van der Waals surface area contributed by atoms with Crippen molar-refractivity contribution in [1.29, 1.82) is 0 Å². The molecule has 186 valence electrons. The number of hydrogen-bond donors (Lipinski definition) is 1. The van der Waals surface area contributed by atoms with E-state index in [2.05, 4.69) is 5.32 Å². The number of fused-ring (bicyclic) bond motifs is 1. The summed E-state index contributed by atoms with van der Waals surface area (Å²) in [4.78, 5) is 51.1. The van der Waals surface area contributed by atoms with Gasteiger partial charge in [-0.25, -0.2) is 4.79 Å². The molecular formula is C28H28N2O6. The second-order valence-electron chi connectivity index (χ2n) is 9.13. The summed E-state index contributed by atoms with van der Waals surface area (Å²) in [7, 11) is 0. The van der Waals surface area contributed by atoms with Crippen molar-refractivity contribution in [2.45, 2.75) is 20.3 Å². The number of anilines is 2. The maximum absolute atomic E-state index is 12.7. The Balaban J connectivity index is 1.28. The first-order valence-corrected chi connectivity index (χ1v) is 11.8. The van der Waals surface area contributed by atoms with Gasteiger partial charge < -0.3 is 19.7 Å². The van der Waals surface area contributed by atoms with Crippen molar-refractivity contribution >= 4 is 45.9 Å². The Morgan fingerprint density at radius 1 is 0.972 bits per heavy atom.